The maximum Gasteiger partial charge on any atom is 0.416 e. The van der Waals surface area contributed by atoms with E-state index in [9.17, 15) is 22.8 Å². The van der Waals surface area contributed by atoms with Gasteiger partial charge in [0.05, 0.1) is 5.56 Å². The summed E-state index contributed by atoms with van der Waals surface area (Å²) >= 11 is 0. The molecule has 0 aliphatic carbocycles. The van der Waals surface area contributed by atoms with Crippen LogP contribution in [0, 0.1) is 5.92 Å². The van der Waals surface area contributed by atoms with E-state index in [-0.39, 0.29) is 30.6 Å². The van der Waals surface area contributed by atoms with E-state index >= 15 is 0 Å². The minimum absolute atomic E-state index is 0.144. The van der Waals surface area contributed by atoms with Crippen molar-refractivity contribution in [3.63, 3.8) is 0 Å². The van der Waals surface area contributed by atoms with Crippen LogP contribution in [-0.4, -0.2) is 43.0 Å². The molecule has 2 rings (SSSR count). The Morgan fingerprint density at radius 1 is 1.23 bits per heavy atom. The average Bonchev–Trinajstić information content (AvgIpc) is 2.59. The minimum atomic E-state index is -4.36. The Hall–Kier alpha value is -2.09. The molecule has 144 valence electrons. The summed E-state index contributed by atoms with van der Waals surface area (Å²) in [6.07, 6.45) is -1.78. The summed E-state index contributed by atoms with van der Waals surface area (Å²) in [5, 5.41) is 0. The molecule has 26 heavy (non-hydrogen) atoms. The van der Waals surface area contributed by atoms with Crippen molar-refractivity contribution in [2.75, 3.05) is 26.3 Å². The molecule has 1 fully saturated rings. The molecule has 2 N–H and O–H groups in total. The molecule has 1 heterocycles. The molecule has 0 bridgehead atoms. The topological polar surface area (TPSA) is 72.6 Å². The van der Waals surface area contributed by atoms with Crippen molar-refractivity contribution in [1.82, 2.24) is 4.90 Å². The largest absolute Gasteiger partial charge is 0.416 e. The molecule has 0 radical (unpaired) electrons. The molecule has 0 spiro atoms. The Morgan fingerprint density at radius 3 is 2.65 bits per heavy atom. The van der Waals surface area contributed by atoms with Crippen molar-refractivity contribution < 1.29 is 27.5 Å². The highest BCUT2D eigenvalue weighted by Gasteiger charge is 2.33. The number of rotatable bonds is 7. The van der Waals surface area contributed by atoms with Crippen molar-refractivity contribution in [3.05, 3.63) is 35.4 Å². The standard InChI is InChI=1S/C18H23F3N2O3/c19-18(20,21)15-6-2-1-5-14(15)8-7-13-4-3-9-23(10-13)17(25)12-26-11-16(22)24/h1-2,5-6,13H,3-4,7-12H2,(H2,22,24). The summed E-state index contributed by atoms with van der Waals surface area (Å²) in [7, 11) is 0. The van der Waals surface area contributed by atoms with Crippen LogP contribution in [-0.2, 0) is 26.9 Å². The molecule has 0 aromatic heterocycles. The van der Waals surface area contributed by atoms with Crippen LogP contribution < -0.4 is 5.73 Å². The Balaban J connectivity index is 1.87. The van der Waals surface area contributed by atoms with E-state index < -0.39 is 17.6 Å². The summed E-state index contributed by atoms with van der Waals surface area (Å²) < 4.78 is 44.1. The van der Waals surface area contributed by atoms with Gasteiger partial charge >= 0.3 is 6.18 Å². The monoisotopic (exact) mass is 372 g/mol. The van der Waals surface area contributed by atoms with Crippen LogP contribution in [0.2, 0.25) is 0 Å². The third kappa shape index (κ3) is 6.01. The zero-order valence-corrected chi connectivity index (χ0v) is 14.4. The molecule has 1 saturated heterocycles. The lowest BCUT2D eigenvalue weighted by molar-refractivity contribution is -0.139. The van der Waals surface area contributed by atoms with Gasteiger partial charge in [0.15, 0.2) is 0 Å². The predicted octanol–water partition coefficient (Wildman–Crippen LogP) is 2.38. The number of hydrogen-bond acceptors (Lipinski definition) is 3. The van der Waals surface area contributed by atoms with E-state index in [0.717, 1.165) is 18.9 Å². The summed E-state index contributed by atoms with van der Waals surface area (Å²) in [6.45, 7) is 0.561. The highest BCUT2D eigenvalue weighted by Crippen LogP contribution is 2.33. The predicted molar refractivity (Wildman–Crippen MR) is 89.1 cm³/mol. The number of likely N-dealkylation sites (tertiary alicyclic amines) is 1. The highest BCUT2D eigenvalue weighted by atomic mass is 19.4. The van der Waals surface area contributed by atoms with Gasteiger partial charge in [-0.05, 0) is 43.2 Å². The number of nitrogens with zero attached hydrogens (tertiary/aromatic N) is 1. The van der Waals surface area contributed by atoms with Crippen LogP contribution in [0.4, 0.5) is 13.2 Å². The zero-order chi connectivity index (χ0) is 19.2. The fraction of sp³-hybridized carbons (Fsp3) is 0.556. The van der Waals surface area contributed by atoms with Crippen LogP contribution in [0.3, 0.4) is 0 Å². The number of aryl methyl sites for hydroxylation is 1. The first-order chi connectivity index (χ1) is 12.3. The van der Waals surface area contributed by atoms with Crippen molar-refractivity contribution >= 4 is 11.8 Å². The highest BCUT2D eigenvalue weighted by molar-refractivity contribution is 5.79. The normalized spacial score (nSPS) is 18.0. The first-order valence-electron chi connectivity index (χ1n) is 8.56. The number of hydrogen-bond donors (Lipinski definition) is 1. The molecule has 2 amide bonds. The van der Waals surface area contributed by atoms with E-state index in [4.69, 9.17) is 10.5 Å². The summed E-state index contributed by atoms with van der Waals surface area (Å²) in [5.41, 5.74) is 4.64. The van der Waals surface area contributed by atoms with Gasteiger partial charge in [-0.15, -0.1) is 0 Å². The lowest BCUT2D eigenvalue weighted by Crippen LogP contribution is -2.42. The molecule has 5 nitrogen and oxygen atoms in total. The zero-order valence-electron chi connectivity index (χ0n) is 14.4. The number of piperidine rings is 1. The Labute approximate surface area is 150 Å². The number of nitrogens with two attached hydrogens (primary N) is 1. The minimum Gasteiger partial charge on any atom is -0.368 e. The Morgan fingerprint density at radius 2 is 1.96 bits per heavy atom. The number of primary amides is 1. The lowest BCUT2D eigenvalue weighted by Gasteiger charge is -2.33. The number of carbonyl (C=O) groups excluding carboxylic acids is 2. The summed E-state index contributed by atoms with van der Waals surface area (Å²) in [5.74, 6) is -0.727. The van der Waals surface area contributed by atoms with Gasteiger partial charge in [0, 0.05) is 13.1 Å². The van der Waals surface area contributed by atoms with Gasteiger partial charge in [-0.25, -0.2) is 0 Å². The summed E-state index contributed by atoms with van der Waals surface area (Å²) in [6, 6.07) is 5.60. The van der Waals surface area contributed by atoms with Gasteiger partial charge in [-0.3, -0.25) is 9.59 Å². The fourth-order valence-electron chi connectivity index (χ4n) is 3.23. The van der Waals surface area contributed by atoms with Crippen molar-refractivity contribution in [3.8, 4) is 0 Å². The Bertz CT molecular complexity index is 634. The van der Waals surface area contributed by atoms with E-state index in [1.165, 1.54) is 12.1 Å². The molecule has 1 aromatic rings. The Kier molecular flexibility index (Phi) is 7.02. The second kappa shape index (κ2) is 9.02. The van der Waals surface area contributed by atoms with Gasteiger partial charge in [0.25, 0.3) is 0 Å². The third-order valence-electron chi connectivity index (χ3n) is 4.49. The van der Waals surface area contributed by atoms with Crippen LogP contribution in [0.1, 0.15) is 30.4 Å². The van der Waals surface area contributed by atoms with Gasteiger partial charge in [-0.2, -0.15) is 13.2 Å². The molecule has 1 aliphatic heterocycles. The molecule has 1 unspecified atom stereocenters. The first-order valence-corrected chi connectivity index (χ1v) is 8.56. The SMILES string of the molecule is NC(=O)COCC(=O)N1CCCC(CCc2ccccc2C(F)(F)F)C1. The molecule has 1 atom stereocenters. The van der Waals surface area contributed by atoms with Crippen LogP contribution in [0.25, 0.3) is 0 Å². The second-order valence-corrected chi connectivity index (χ2v) is 6.50. The molecule has 0 saturated carbocycles. The average molecular weight is 372 g/mol. The maximum absolute atomic E-state index is 13.1. The van der Waals surface area contributed by atoms with E-state index in [1.54, 1.807) is 11.0 Å². The van der Waals surface area contributed by atoms with Crippen LogP contribution in [0.5, 0.6) is 0 Å². The molecule has 8 heteroatoms. The van der Waals surface area contributed by atoms with Crippen molar-refractivity contribution in [1.29, 1.82) is 0 Å². The molecular formula is C18H23F3N2O3. The van der Waals surface area contributed by atoms with E-state index in [0.29, 0.717) is 25.9 Å². The first kappa shape index (κ1) is 20.2. The fourth-order valence-corrected chi connectivity index (χ4v) is 3.23. The molecule has 1 aromatic carbocycles. The summed E-state index contributed by atoms with van der Waals surface area (Å²) in [4.78, 5) is 24.3. The van der Waals surface area contributed by atoms with Gasteiger partial charge in [0.2, 0.25) is 11.8 Å². The number of ether oxygens (including phenoxy) is 1. The quantitative estimate of drug-likeness (QED) is 0.799. The number of amides is 2. The molecular weight excluding hydrogens is 349 g/mol. The lowest BCUT2D eigenvalue weighted by atomic mass is 9.90. The third-order valence-corrected chi connectivity index (χ3v) is 4.49. The number of benzene rings is 1. The van der Waals surface area contributed by atoms with Crippen LogP contribution in [0.15, 0.2) is 24.3 Å². The van der Waals surface area contributed by atoms with Gasteiger partial charge in [0.1, 0.15) is 13.2 Å². The van der Waals surface area contributed by atoms with Gasteiger partial charge < -0.3 is 15.4 Å². The molecule has 1 aliphatic rings. The van der Waals surface area contributed by atoms with E-state index in [1.807, 2.05) is 0 Å². The number of alkyl halides is 3. The van der Waals surface area contributed by atoms with E-state index in [2.05, 4.69) is 0 Å². The maximum atomic E-state index is 13.1. The van der Waals surface area contributed by atoms with Crippen molar-refractivity contribution in [2.24, 2.45) is 11.7 Å². The van der Waals surface area contributed by atoms with Crippen molar-refractivity contribution in [2.45, 2.75) is 31.9 Å². The number of halogens is 3. The van der Waals surface area contributed by atoms with Gasteiger partial charge in [-0.1, -0.05) is 18.2 Å². The smallest absolute Gasteiger partial charge is 0.368 e. The second-order valence-electron chi connectivity index (χ2n) is 6.50. The van der Waals surface area contributed by atoms with Crippen LogP contribution >= 0.6 is 0 Å². The number of carbonyl (C=O) groups is 2.